The standard InChI is InChI=1S/C7H14OS/c1-5-4-6(2)9-7(3)8-5/h5-7H,4H2,1-3H3. The molecule has 1 nitrogen and oxygen atoms in total. The quantitative estimate of drug-likeness (QED) is 0.518. The average Bonchev–Trinajstić information content (AvgIpc) is 1.59. The molecule has 54 valence electrons. The van der Waals surface area contributed by atoms with Crippen LogP contribution >= 0.6 is 11.8 Å². The van der Waals surface area contributed by atoms with E-state index in [1.54, 1.807) is 0 Å². The zero-order valence-electron chi connectivity index (χ0n) is 6.26. The highest BCUT2D eigenvalue weighted by Crippen LogP contribution is 2.29. The molecule has 1 fully saturated rings. The van der Waals surface area contributed by atoms with E-state index in [1.165, 1.54) is 6.42 Å². The molecule has 0 aliphatic carbocycles. The van der Waals surface area contributed by atoms with Gasteiger partial charge in [-0.25, -0.2) is 0 Å². The summed E-state index contributed by atoms with van der Waals surface area (Å²) < 4.78 is 5.52. The van der Waals surface area contributed by atoms with Gasteiger partial charge in [0, 0.05) is 5.25 Å². The van der Waals surface area contributed by atoms with Crippen molar-refractivity contribution < 1.29 is 4.74 Å². The van der Waals surface area contributed by atoms with Crippen LogP contribution < -0.4 is 0 Å². The van der Waals surface area contributed by atoms with Gasteiger partial charge in [0.15, 0.2) is 0 Å². The van der Waals surface area contributed by atoms with Crippen molar-refractivity contribution in [3.05, 3.63) is 0 Å². The molecule has 0 spiro atoms. The minimum absolute atomic E-state index is 0.406. The van der Waals surface area contributed by atoms with Crippen molar-refractivity contribution in [3.63, 3.8) is 0 Å². The van der Waals surface area contributed by atoms with E-state index in [9.17, 15) is 0 Å². The molecule has 1 rings (SSSR count). The summed E-state index contributed by atoms with van der Waals surface area (Å²) in [5, 5.41) is 0.781. The Bertz CT molecular complexity index is 69.9. The second-order valence-electron chi connectivity index (χ2n) is 2.70. The minimum Gasteiger partial charge on any atom is -0.365 e. The second-order valence-corrected chi connectivity index (χ2v) is 4.44. The predicted octanol–water partition coefficient (Wildman–Crippen LogP) is 2.26. The van der Waals surface area contributed by atoms with Crippen LogP contribution in [0.1, 0.15) is 27.2 Å². The van der Waals surface area contributed by atoms with Gasteiger partial charge < -0.3 is 4.74 Å². The summed E-state index contributed by atoms with van der Waals surface area (Å²) in [6.07, 6.45) is 1.67. The summed E-state index contributed by atoms with van der Waals surface area (Å²) in [5.74, 6) is 0. The van der Waals surface area contributed by atoms with Crippen LogP contribution in [-0.4, -0.2) is 16.8 Å². The van der Waals surface area contributed by atoms with Crippen LogP contribution in [0.15, 0.2) is 0 Å². The molecule has 3 unspecified atom stereocenters. The van der Waals surface area contributed by atoms with Gasteiger partial charge >= 0.3 is 0 Å². The summed E-state index contributed by atoms with van der Waals surface area (Å²) in [5.41, 5.74) is 0.406. The maximum Gasteiger partial charge on any atom is 0.101 e. The van der Waals surface area contributed by atoms with Gasteiger partial charge in [0.05, 0.1) is 6.10 Å². The average molecular weight is 146 g/mol. The SMILES string of the molecule is CC1CC(C)SC(C)O1. The molecule has 1 saturated heterocycles. The van der Waals surface area contributed by atoms with Gasteiger partial charge in [-0.3, -0.25) is 0 Å². The molecule has 0 saturated carbocycles. The molecule has 9 heavy (non-hydrogen) atoms. The van der Waals surface area contributed by atoms with Crippen LogP contribution in [0.2, 0.25) is 0 Å². The van der Waals surface area contributed by atoms with Crippen molar-refractivity contribution in [2.24, 2.45) is 0 Å². The Morgan fingerprint density at radius 2 is 2.00 bits per heavy atom. The fourth-order valence-corrected chi connectivity index (χ4v) is 2.56. The Morgan fingerprint density at radius 3 is 2.44 bits per heavy atom. The van der Waals surface area contributed by atoms with Crippen molar-refractivity contribution in [2.75, 3.05) is 0 Å². The molecule has 1 aliphatic heterocycles. The molecule has 2 heteroatoms. The highest BCUT2D eigenvalue weighted by molar-refractivity contribution is 8.00. The molecule has 0 N–H and O–H groups in total. The van der Waals surface area contributed by atoms with Crippen LogP contribution in [0.4, 0.5) is 0 Å². The topological polar surface area (TPSA) is 9.23 Å². The van der Waals surface area contributed by atoms with Crippen molar-refractivity contribution >= 4 is 11.8 Å². The summed E-state index contributed by atoms with van der Waals surface area (Å²) in [4.78, 5) is 0. The first-order chi connectivity index (χ1) is 4.18. The highest BCUT2D eigenvalue weighted by Gasteiger charge is 2.20. The van der Waals surface area contributed by atoms with E-state index in [0.29, 0.717) is 11.5 Å². The third kappa shape index (κ3) is 2.18. The Balaban J connectivity index is 2.34. The van der Waals surface area contributed by atoms with Gasteiger partial charge in [-0.15, -0.1) is 11.8 Å². The lowest BCUT2D eigenvalue weighted by atomic mass is 10.2. The molecular formula is C7H14OS. The number of thioether (sulfide) groups is 1. The van der Waals surface area contributed by atoms with Gasteiger partial charge in [0.25, 0.3) is 0 Å². The van der Waals surface area contributed by atoms with Crippen LogP contribution in [0.5, 0.6) is 0 Å². The van der Waals surface area contributed by atoms with Crippen molar-refractivity contribution in [1.29, 1.82) is 0 Å². The second kappa shape index (κ2) is 2.93. The van der Waals surface area contributed by atoms with Crippen molar-refractivity contribution in [3.8, 4) is 0 Å². The minimum atomic E-state index is 0.406. The molecule has 0 radical (unpaired) electrons. The van der Waals surface area contributed by atoms with Gasteiger partial charge in [0.2, 0.25) is 0 Å². The lowest BCUT2D eigenvalue weighted by molar-refractivity contribution is 0.0419. The van der Waals surface area contributed by atoms with E-state index in [-0.39, 0.29) is 0 Å². The predicted molar refractivity (Wildman–Crippen MR) is 41.7 cm³/mol. The van der Waals surface area contributed by atoms with Crippen LogP contribution in [0, 0.1) is 0 Å². The lowest BCUT2D eigenvalue weighted by Gasteiger charge is -2.29. The number of hydrogen-bond acceptors (Lipinski definition) is 2. The van der Waals surface area contributed by atoms with Crippen LogP contribution in [0.25, 0.3) is 0 Å². The molecule has 1 heterocycles. The number of ether oxygens (including phenoxy) is 1. The number of hydrogen-bond donors (Lipinski definition) is 0. The maximum atomic E-state index is 5.52. The monoisotopic (exact) mass is 146 g/mol. The molecule has 1 aliphatic rings. The fourth-order valence-electron chi connectivity index (χ4n) is 1.26. The molecule has 0 aromatic carbocycles. The smallest absolute Gasteiger partial charge is 0.101 e. The molecular weight excluding hydrogens is 132 g/mol. The summed E-state index contributed by atoms with van der Waals surface area (Å²) in [6, 6.07) is 0. The van der Waals surface area contributed by atoms with E-state index in [1.807, 2.05) is 11.8 Å². The zero-order chi connectivity index (χ0) is 6.85. The largest absolute Gasteiger partial charge is 0.365 e. The van der Waals surface area contributed by atoms with E-state index < -0.39 is 0 Å². The number of rotatable bonds is 0. The van der Waals surface area contributed by atoms with E-state index in [0.717, 1.165) is 5.25 Å². The van der Waals surface area contributed by atoms with Crippen LogP contribution in [-0.2, 0) is 4.74 Å². The maximum absolute atomic E-state index is 5.52. The molecule has 0 bridgehead atoms. The Morgan fingerprint density at radius 1 is 1.33 bits per heavy atom. The highest BCUT2D eigenvalue weighted by atomic mass is 32.2. The molecule has 0 amide bonds. The van der Waals surface area contributed by atoms with E-state index in [2.05, 4.69) is 20.8 Å². The summed E-state index contributed by atoms with van der Waals surface area (Å²) in [7, 11) is 0. The van der Waals surface area contributed by atoms with Crippen molar-refractivity contribution in [2.45, 2.75) is 44.0 Å². The molecule has 3 atom stereocenters. The fraction of sp³-hybridized carbons (Fsp3) is 1.00. The molecule has 0 aromatic rings. The van der Waals surface area contributed by atoms with Crippen LogP contribution in [0.3, 0.4) is 0 Å². The third-order valence-electron chi connectivity index (χ3n) is 1.51. The normalized spacial score (nSPS) is 45.0. The Labute approximate surface area is 61.2 Å². The van der Waals surface area contributed by atoms with Crippen molar-refractivity contribution in [1.82, 2.24) is 0 Å². The van der Waals surface area contributed by atoms with E-state index in [4.69, 9.17) is 4.74 Å². The lowest BCUT2D eigenvalue weighted by Crippen LogP contribution is -2.25. The van der Waals surface area contributed by atoms with Gasteiger partial charge in [-0.1, -0.05) is 6.92 Å². The summed E-state index contributed by atoms with van der Waals surface area (Å²) in [6.45, 7) is 6.53. The van der Waals surface area contributed by atoms with Gasteiger partial charge in [-0.05, 0) is 20.3 Å². The Hall–Kier alpha value is 0.310. The van der Waals surface area contributed by atoms with Gasteiger partial charge in [0.1, 0.15) is 5.44 Å². The van der Waals surface area contributed by atoms with E-state index >= 15 is 0 Å². The summed E-state index contributed by atoms with van der Waals surface area (Å²) >= 11 is 1.92. The Kier molecular flexibility index (Phi) is 2.42. The first-order valence-corrected chi connectivity index (χ1v) is 4.43. The third-order valence-corrected chi connectivity index (χ3v) is 2.66. The van der Waals surface area contributed by atoms with Gasteiger partial charge in [-0.2, -0.15) is 0 Å². The zero-order valence-corrected chi connectivity index (χ0v) is 7.07. The first-order valence-electron chi connectivity index (χ1n) is 3.49. The molecule has 0 aromatic heterocycles. The first kappa shape index (κ1) is 7.42.